The van der Waals surface area contributed by atoms with E-state index < -0.39 is 0 Å². The zero-order valence-electron chi connectivity index (χ0n) is 11.7. The number of carbonyl (C=O) groups is 1. The van der Waals surface area contributed by atoms with E-state index in [0.717, 1.165) is 17.5 Å². The van der Waals surface area contributed by atoms with E-state index in [0.29, 0.717) is 12.3 Å². The molecule has 94 valence electrons. The lowest BCUT2D eigenvalue weighted by atomic mass is 9.82. The third-order valence-corrected chi connectivity index (χ3v) is 2.98. The first-order valence-corrected chi connectivity index (χ1v) is 6.45. The van der Waals surface area contributed by atoms with E-state index in [4.69, 9.17) is 0 Å². The van der Waals surface area contributed by atoms with E-state index >= 15 is 0 Å². The molecule has 0 amide bonds. The molecule has 0 unspecified atom stereocenters. The second kappa shape index (κ2) is 5.48. The van der Waals surface area contributed by atoms with Crippen LogP contribution in [-0.4, -0.2) is 5.78 Å². The van der Waals surface area contributed by atoms with Gasteiger partial charge in [-0.1, -0.05) is 58.9 Å². The second-order valence-corrected chi connectivity index (χ2v) is 6.15. The van der Waals surface area contributed by atoms with Gasteiger partial charge in [0, 0.05) is 12.0 Å². The standard InChI is InChI=1S/C16H24O/c1-12(2)10-11-15(17)13-8-6-7-9-14(13)16(3,4)5/h6-9,12H,10-11H2,1-5H3. The van der Waals surface area contributed by atoms with Crippen molar-refractivity contribution in [3.63, 3.8) is 0 Å². The molecule has 0 N–H and O–H groups in total. The van der Waals surface area contributed by atoms with Gasteiger partial charge in [-0.05, 0) is 23.3 Å². The minimum Gasteiger partial charge on any atom is -0.294 e. The molecule has 0 aliphatic rings. The molecule has 0 heterocycles. The van der Waals surface area contributed by atoms with Crippen LogP contribution in [0, 0.1) is 5.92 Å². The molecule has 0 atom stereocenters. The fourth-order valence-electron chi connectivity index (χ4n) is 1.93. The van der Waals surface area contributed by atoms with Crippen LogP contribution in [0.5, 0.6) is 0 Å². The van der Waals surface area contributed by atoms with Crippen LogP contribution in [0.2, 0.25) is 0 Å². The van der Waals surface area contributed by atoms with Crippen molar-refractivity contribution in [1.29, 1.82) is 0 Å². The van der Waals surface area contributed by atoms with Crippen LogP contribution in [0.3, 0.4) is 0 Å². The Morgan fingerprint density at radius 1 is 1.18 bits per heavy atom. The van der Waals surface area contributed by atoms with Gasteiger partial charge in [0.1, 0.15) is 0 Å². The first-order chi connectivity index (χ1) is 7.82. The number of rotatable bonds is 4. The molecule has 0 saturated heterocycles. The van der Waals surface area contributed by atoms with Gasteiger partial charge in [0.25, 0.3) is 0 Å². The van der Waals surface area contributed by atoms with Crippen molar-refractivity contribution >= 4 is 5.78 Å². The minimum absolute atomic E-state index is 0.0318. The molecule has 17 heavy (non-hydrogen) atoms. The highest BCUT2D eigenvalue weighted by atomic mass is 16.1. The largest absolute Gasteiger partial charge is 0.294 e. The molecule has 0 aliphatic carbocycles. The smallest absolute Gasteiger partial charge is 0.163 e. The Morgan fingerprint density at radius 2 is 1.76 bits per heavy atom. The Morgan fingerprint density at radius 3 is 2.29 bits per heavy atom. The van der Waals surface area contributed by atoms with Gasteiger partial charge in [0.15, 0.2) is 5.78 Å². The van der Waals surface area contributed by atoms with E-state index in [1.807, 2.05) is 18.2 Å². The third kappa shape index (κ3) is 3.99. The Hall–Kier alpha value is -1.11. The summed E-state index contributed by atoms with van der Waals surface area (Å²) in [7, 11) is 0. The Balaban J connectivity index is 2.94. The molecule has 1 heteroatoms. The Bertz CT molecular complexity index is 383. The zero-order valence-corrected chi connectivity index (χ0v) is 11.7. The van der Waals surface area contributed by atoms with Crippen LogP contribution in [0.4, 0.5) is 0 Å². The van der Waals surface area contributed by atoms with Crippen LogP contribution in [-0.2, 0) is 5.41 Å². The van der Waals surface area contributed by atoms with Crippen LogP contribution in [0.1, 0.15) is 63.4 Å². The van der Waals surface area contributed by atoms with Crippen LogP contribution in [0.15, 0.2) is 24.3 Å². The van der Waals surface area contributed by atoms with Crippen molar-refractivity contribution in [3.05, 3.63) is 35.4 Å². The van der Waals surface area contributed by atoms with E-state index in [9.17, 15) is 4.79 Å². The number of Topliss-reactive ketones (excluding diaryl/α,β-unsaturated/α-hetero) is 1. The molecular weight excluding hydrogens is 208 g/mol. The van der Waals surface area contributed by atoms with Gasteiger partial charge < -0.3 is 0 Å². The molecule has 0 spiro atoms. The maximum absolute atomic E-state index is 12.2. The molecule has 0 aliphatic heterocycles. The van der Waals surface area contributed by atoms with Crippen molar-refractivity contribution in [3.8, 4) is 0 Å². The molecule has 1 rings (SSSR count). The van der Waals surface area contributed by atoms with Crippen molar-refractivity contribution in [2.24, 2.45) is 5.92 Å². The summed E-state index contributed by atoms with van der Waals surface area (Å²) in [6.07, 6.45) is 1.63. The quantitative estimate of drug-likeness (QED) is 0.693. The SMILES string of the molecule is CC(C)CCC(=O)c1ccccc1C(C)(C)C. The van der Waals surface area contributed by atoms with Crippen LogP contribution >= 0.6 is 0 Å². The van der Waals surface area contributed by atoms with E-state index in [-0.39, 0.29) is 11.2 Å². The highest BCUT2D eigenvalue weighted by molar-refractivity contribution is 5.97. The normalized spacial score (nSPS) is 11.9. The summed E-state index contributed by atoms with van der Waals surface area (Å²) in [6.45, 7) is 10.8. The molecule has 0 bridgehead atoms. The Kier molecular flexibility index (Phi) is 4.50. The number of ketones is 1. The predicted molar refractivity (Wildman–Crippen MR) is 73.5 cm³/mol. The molecule has 0 fully saturated rings. The third-order valence-electron chi connectivity index (χ3n) is 2.98. The monoisotopic (exact) mass is 232 g/mol. The summed E-state index contributed by atoms with van der Waals surface area (Å²) in [5, 5.41) is 0. The number of carbonyl (C=O) groups excluding carboxylic acids is 1. The summed E-state index contributed by atoms with van der Waals surface area (Å²) in [6, 6.07) is 8.00. The zero-order chi connectivity index (χ0) is 13.1. The lowest BCUT2D eigenvalue weighted by Crippen LogP contribution is -2.17. The van der Waals surface area contributed by atoms with Gasteiger partial charge in [-0.15, -0.1) is 0 Å². The molecule has 1 aromatic rings. The minimum atomic E-state index is 0.0318. The van der Waals surface area contributed by atoms with Gasteiger partial charge in [0.05, 0.1) is 0 Å². The highest BCUT2D eigenvalue weighted by Crippen LogP contribution is 2.27. The van der Waals surface area contributed by atoms with Gasteiger partial charge in [0.2, 0.25) is 0 Å². The number of hydrogen-bond acceptors (Lipinski definition) is 1. The molecular formula is C16H24O. The molecule has 0 saturated carbocycles. The lowest BCUT2D eigenvalue weighted by molar-refractivity contribution is 0.0973. The van der Waals surface area contributed by atoms with E-state index in [1.54, 1.807) is 0 Å². The average Bonchev–Trinajstić information content (AvgIpc) is 2.24. The molecule has 0 radical (unpaired) electrons. The van der Waals surface area contributed by atoms with Crippen molar-refractivity contribution in [2.75, 3.05) is 0 Å². The predicted octanol–water partition coefficient (Wildman–Crippen LogP) is 4.60. The van der Waals surface area contributed by atoms with Gasteiger partial charge in [-0.2, -0.15) is 0 Å². The molecule has 1 aromatic carbocycles. The van der Waals surface area contributed by atoms with Gasteiger partial charge in [-0.25, -0.2) is 0 Å². The van der Waals surface area contributed by atoms with E-state index in [2.05, 4.69) is 40.7 Å². The fraction of sp³-hybridized carbons (Fsp3) is 0.562. The van der Waals surface area contributed by atoms with Gasteiger partial charge >= 0.3 is 0 Å². The number of hydrogen-bond donors (Lipinski definition) is 0. The van der Waals surface area contributed by atoms with Gasteiger partial charge in [-0.3, -0.25) is 4.79 Å². The topological polar surface area (TPSA) is 17.1 Å². The van der Waals surface area contributed by atoms with Crippen molar-refractivity contribution < 1.29 is 4.79 Å². The van der Waals surface area contributed by atoms with E-state index in [1.165, 1.54) is 0 Å². The fourth-order valence-corrected chi connectivity index (χ4v) is 1.93. The molecule has 1 nitrogen and oxygen atoms in total. The lowest BCUT2D eigenvalue weighted by Gasteiger charge is -2.22. The second-order valence-electron chi connectivity index (χ2n) is 6.15. The highest BCUT2D eigenvalue weighted by Gasteiger charge is 2.20. The Labute approximate surface area is 105 Å². The summed E-state index contributed by atoms with van der Waals surface area (Å²) < 4.78 is 0. The first kappa shape index (κ1) is 14.0. The van der Waals surface area contributed by atoms with Crippen LogP contribution in [0.25, 0.3) is 0 Å². The summed E-state index contributed by atoms with van der Waals surface area (Å²) in [5.74, 6) is 0.866. The maximum Gasteiger partial charge on any atom is 0.163 e. The average molecular weight is 232 g/mol. The summed E-state index contributed by atoms with van der Waals surface area (Å²) >= 11 is 0. The first-order valence-electron chi connectivity index (χ1n) is 6.45. The van der Waals surface area contributed by atoms with Crippen LogP contribution < -0.4 is 0 Å². The summed E-state index contributed by atoms with van der Waals surface area (Å²) in [5.41, 5.74) is 2.10. The van der Waals surface area contributed by atoms with Crippen molar-refractivity contribution in [1.82, 2.24) is 0 Å². The van der Waals surface area contributed by atoms with Crippen molar-refractivity contribution in [2.45, 2.75) is 52.9 Å². The molecule has 0 aromatic heterocycles. The number of benzene rings is 1. The summed E-state index contributed by atoms with van der Waals surface area (Å²) in [4.78, 5) is 12.2. The maximum atomic E-state index is 12.2.